The highest BCUT2D eigenvalue weighted by atomic mass is 32.1. The molecule has 0 aliphatic heterocycles. The minimum atomic E-state index is -0.0626. The first-order valence-corrected chi connectivity index (χ1v) is 13.4. The van der Waals surface area contributed by atoms with E-state index in [9.17, 15) is 4.79 Å². The molecule has 0 aliphatic carbocycles. The standard InChI is InChI=1S/C26H50O2S/c1-2-3-4-5-6-7-8-9-10-11-12-13-14-15-16-17-18-19-20-21-22-23-26(27)28-24-25-29/h9-10,29H,2-8,11-25H2,1H3/b10-9+. The minimum absolute atomic E-state index is 0.0626. The lowest BCUT2D eigenvalue weighted by Gasteiger charge is -2.04. The molecule has 0 rings (SSSR count). The van der Waals surface area contributed by atoms with Gasteiger partial charge in [0.1, 0.15) is 6.61 Å². The lowest BCUT2D eigenvalue weighted by molar-refractivity contribution is -0.143. The van der Waals surface area contributed by atoms with Crippen molar-refractivity contribution in [2.24, 2.45) is 0 Å². The smallest absolute Gasteiger partial charge is 0.305 e. The number of rotatable bonds is 23. The molecule has 3 heteroatoms. The molecule has 0 amide bonds. The Morgan fingerprint density at radius 1 is 0.655 bits per heavy atom. The molecule has 0 aliphatic rings. The van der Waals surface area contributed by atoms with Crippen molar-refractivity contribution in [1.82, 2.24) is 0 Å². The van der Waals surface area contributed by atoms with Crippen molar-refractivity contribution in [3.63, 3.8) is 0 Å². The second kappa shape index (κ2) is 25.6. The van der Waals surface area contributed by atoms with E-state index in [1.807, 2.05) is 0 Å². The summed E-state index contributed by atoms with van der Waals surface area (Å²) in [6, 6.07) is 0. The van der Waals surface area contributed by atoms with Crippen LogP contribution in [0.15, 0.2) is 12.2 Å². The summed E-state index contributed by atoms with van der Waals surface area (Å²) in [6.07, 6.45) is 30.7. The molecule has 0 N–H and O–H groups in total. The third-order valence-electron chi connectivity index (χ3n) is 5.50. The fraction of sp³-hybridized carbons (Fsp3) is 0.885. The SMILES string of the molecule is CCCCCCCC/C=C/CCCCCCCCCCCCCC(=O)OCCS. The second-order valence-electron chi connectivity index (χ2n) is 8.40. The van der Waals surface area contributed by atoms with Gasteiger partial charge >= 0.3 is 5.97 Å². The van der Waals surface area contributed by atoms with Crippen molar-refractivity contribution in [2.45, 2.75) is 135 Å². The monoisotopic (exact) mass is 426 g/mol. The van der Waals surface area contributed by atoms with E-state index in [2.05, 4.69) is 31.7 Å². The van der Waals surface area contributed by atoms with Crippen molar-refractivity contribution in [2.75, 3.05) is 12.4 Å². The van der Waals surface area contributed by atoms with Crippen molar-refractivity contribution in [1.29, 1.82) is 0 Å². The van der Waals surface area contributed by atoms with Crippen LogP contribution >= 0.6 is 12.6 Å². The van der Waals surface area contributed by atoms with Crippen LogP contribution < -0.4 is 0 Å². The van der Waals surface area contributed by atoms with Crippen LogP contribution in [0.4, 0.5) is 0 Å². The number of allylic oxidation sites excluding steroid dienone is 2. The van der Waals surface area contributed by atoms with Gasteiger partial charge in [0.2, 0.25) is 0 Å². The maximum absolute atomic E-state index is 11.3. The van der Waals surface area contributed by atoms with Gasteiger partial charge in [0.25, 0.3) is 0 Å². The van der Waals surface area contributed by atoms with Gasteiger partial charge in [-0.15, -0.1) is 0 Å². The van der Waals surface area contributed by atoms with Gasteiger partial charge in [-0.2, -0.15) is 12.6 Å². The Labute approximate surface area is 188 Å². The average Bonchev–Trinajstić information content (AvgIpc) is 2.73. The molecule has 0 heterocycles. The normalized spacial score (nSPS) is 11.4. The molecule has 0 aromatic heterocycles. The Morgan fingerprint density at radius 3 is 1.52 bits per heavy atom. The predicted octanol–water partition coefficient (Wildman–Crippen LogP) is 8.84. The molecule has 172 valence electrons. The van der Waals surface area contributed by atoms with Crippen LogP contribution in [0.1, 0.15) is 135 Å². The predicted molar refractivity (Wildman–Crippen MR) is 132 cm³/mol. The van der Waals surface area contributed by atoms with Crippen LogP contribution in [-0.4, -0.2) is 18.3 Å². The van der Waals surface area contributed by atoms with Crippen LogP contribution in [-0.2, 0) is 9.53 Å². The molecule has 0 saturated heterocycles. The van der Waals surface area contributed by atoms with Gasteiger partial charge < -0.3 is 4.74 Å². The van der Waals surface area contributed by atoms with E-state index in [0.717, 1.165) is 12.8 Å². The van der Waals surface area contributed by atoms with Gasteiger partial charge in [-0.1, -0.05) is 109 Å². The van der Waals surface area contributed by atoms with Crippen LogP contribution in [0, 0.1) is 0 Å². The van der Waals surface area contributed by atoms with E-state index in [1.54, 1.807) is 0 Å². The molecule has 0 spiro atoms. The van der Waals surface area contributed by atoms with Crippen molar-refractivity contribution in [3.8, 4) is 0 Å². The van der Waals surface area contributed by atoms with Gasteiger partial charge in [-0.3, -0.25) is 4.79 Å². The Bertz CT molecular complexity index is 355. The molecule has 0 unspecified atom stereocenters. The minimum Gasteiger partial charge on any atom is -0.465 e. The first-order valence-electron chi connectivity index (χ1n) is 12.7. The van der Waals surface area contributed by atoms with Gasteiger partial charge in [0.15, 0.2) is 0 Å². The number of esters is 1. The highest BCUT2D eigenvalue weighted by Crippen LogP contribution is 2.13. The van der Waals surface area contributed by atoms with Gasteiger partial charge in [0, 0.05) is 12.2 Å². The molecule has 0 radical (unpaired) electrons. The van der Waals surface area contributed by atoms with Gasteiger partial charge in [-0.05, 0) is 32.1 Å². The van der Waals surface area contributed by atoms with Crippen LogP contribution in [0.5, 0.6) is 0 Å². The highest BCUT2D eigenvalue weighted by Gasteiger charge is 2.01. The highest BCUT2D eigenvalue weighted by molar-refractivity contribution is 7.80. The zero-order valence-corrected chi connectivity index (χ0v) is 20.4. The van der Waals surface area contributed by atoms with E-state index in [-0.39, 0.29) is 5.97 Å². The first-order chi connectivity index (χ1) is 14.3. The van der Waals surface area contributed by atoms with E-state index in [0.29, 0.717) is 18.8 Å². The summed E-state index contributed by atoms with van der Waals surface area (Å²) >= 11 is 4.03. The molecule has 0 saturated carbocycles. The number of ether oxygens (including phenoxy) is 1. The van der Waals surface area contributed by atoms with Crippen LogP contribution in [0.25, 0.3) is 0 Å². The number of hydrogen-bond acceptors (Lipinski definition) is 3. The molecule has 29 heavy (non-hydrogen) atoms. The third kappa shape index (κ3) is 25.5. The van der Waals surface area contributed by atoms with Crippen molar-refractivity contribution in [3.05, 3.63) is 12.2 Å². The Balaban J connectivity index is 3.11. The summed E-state index contributed by atoms with van der Waals surface area (Å²) in [4.78, 5) is 11.3. The lowest BCUT2D eigenvalue weighted by Crippen LogP contribution is -2.06. The Morgan fingerprint density at radius 2 is 1.07 bits per heavy atom. The number of carbonyl (C=O) groups is 1. The maximum atomic E-state index is 11.3. The number of hydrogen-bond donors (Lipinski definition) is 1. The Kier molecular flexibility index (Phi) is 25.2. The molecular formula is C26H50O2S. The second-order valence-corrected chi connectivity index (χ2v) is 8.85. The number of thiol groups is 1. The van der Waals surface area contributed by atoms with E-state index < -0.39 is 0 Å². The lowest BCUT2D eigenvalue weighted by atomic mass is 10.0. The summed E-state index contributed by atoms with van der Waals surface area (Å²) in [5.74, 6) is 0.551. The van der Waals surface area contributed by atoms with E-state index >= 15 is 0 Å². The summed E-state index contributed by atoms with van der Waals surface area (Å²) in [5, 5.41) is 0. The maximum Gasteiger partial charge on any atom is 0.305 e. The molecule has 0 atom stereocenters. The van der Waals surface area contributed by atoms with E-state index in [1.165, 1.54) is 109 Å². The van der Waals surface area contributed by atoms with Crippen LogP contribution in [0.3, 0.4) is 0 Å². The van der Waals surface area contributed by atoms with Gasteiger partial charge in [-0.25, -0.2) is 0 Å². The molecule has 0 aromatic rings. The summed E-state index contributed by atoms with van der Waals surface area (Å²) in [6.45, 7) is 2.72. The van der Waals surface area contributed by atoms with Crippen molar-refractivity contribution >= 4 is 18.6 Å². The zero-order chi connectivity index (χ0) is 21.3. The Hall–Kier alpha value is -0.440. The number of carbonyl (C=O) groups excluding carboxylic acids is 1. The fourth-order valence-corrected chi connectivity index (χ4v) is 3.72. The largest absolute Gasteiger partial charge is 0.465 e. The molecule has 0 fully saturated rings. The topological polar surface area (TPSA) is 26.3 Å². The molecule has 0 aromatic carbocycles. The quantitative estimate of drug-likeness (QED) is 0.0764. The summed E-state index contributed by atoms with van der Waals surface area (Å²) in [7, 11) is 0. The first kappa shape index (κ1) is 28.6. The van der Waals surface area contributed by atoms with Gasteiger partial charge in [0.05, 0.1) is 0 Å². The summed E-state index contributed by atoms with van der Waals surface area (Å²) in [5.41, 5.74) is 0. The average molecular weight is 427 g/mol. The fourth-order valence-electron chi connectivity index (χ4n) is 3.63. The number of unbranched alkanes of at least 4 members (excludes halogenated alkanes) is 17. The third-order valence-corrected chi connectivity index (χ3v) is 5.68. The van der Waals surface area contributed by atoms with Crippen LogP contribution in [0.2, 0.25) is 0 Å². The molecule has 2 nitrogen and oxygen atoms in total. The zero-order valence-electron chi connectivity index (χ0n) is 19.5. The van der Waals surface area contributed by atoms with Crippen molar-refractivity contribution < 1.29 is 9.53 Å². The summed E-state index contributed by atoms with van der Waals surface area (Å²) < 4.78 is 5.02. The van der Waals surface area contributed by atoms with E-state index in [4.69, 9.17) is 4.74 Å². The molecular weight excluding hydrogens is 376 g/mol. The molecule has 0 bridgehead atoms.